The molecule has 6 nitrogen and oxygen atoms in total. The minimum Gasteiger partial charge on any atom is -0.507 e. The molecule has 0 saturated carbocycles. The van der Waals surface area contributed by atoms with Crippen molar-refractivity contribution in [1.82, 2.24) is 5.32 Å². The van der Waals surface area contributed by atoms with Gasteiger partial charge in [0.25, 0.3) is 5.91 Å². The van der Waals surface area contributed by atoms with Gasteiger partial charge in [-0.2, -0.15) is 0 Å². The highest BCUT2D eigenvalue weighted by Crippen LogP contribution is 2.45. The van der Waals surface area contributed by atoms with Gasteiger partial charge in [0.15, 0.2) is 6.61 Å². The van der Waals surface area contributed by atoms with Gasteiger partial charge < -0.3 is 20.3 Å². The first-order valence-corrected chi connectivity index (χ1v) is 17.3. The smallest absolute Gasteiger partial charge is 0.305 e. The number of carboxylic acid groups (broad SMARTS) is 1. The summed E-state index contributed by atoms with van der Waals surface area (Å²) >= 11 is 3.65. The fourth-order valence-electron chi connectivity index (χ4n) is 4.75. The summed E-state index contributed by atoms with van der Waals surface area (Å²) < 4.78 is 6.19. The third kappa shape index (κ3) is 10.9. The second-order valence-electron chi connectivity index (χ2n) is 15.7. The summed E-state index contributed by atoms with van der Waals surface area (Å²) in [5, 5.41) is 22.9. The molecule has 0 saturated heterocycles. The van der Waals surface area contributed by atoms with Gasteiger partial charge in [-0.1, -0.05) is 90.0 Å². The van der Waals surface area contributed by atoms with Gasteiger partial charge in [0.1, 0.15) is 11.5 Å². The molecule has 44 heavy (non-hydrogen) atoms. The van der Waals surface area contributed by atoms with Gasteiger partial charge >= 0.3 is 5.97 Å². The Labute approximate surface area is 274 Å². The van der Waals surface area contributed by atoms with Gasteiger partial charge in [-0.05, 0) is 45.9 Å². The van der Waals surface area contributed by atoms with E-state index in [0.29, 0.717) is 11.0 Å². The molecule has 0 bridgehead atoms. The van der Waals surface area contributed by atoms with E-state index in [2.05, 4.69) is 120 Å². The number of carbonyl (C=O) groups is 2. The first-order valence-electron chi connectivity index (χ1n) is 15.4. The van der Waals surface area contributed by atoms with Crippen molar-refractivity contribution >= 4 is 35.4 Å². The van der Waals surface area contributed by atoms with Crippen LogP contribution in [0.2, 0.25) is 0 Å². The summed E-state index contributed by atoms with van der Waals surface area (Å²) in [5.74, 6) is 0.721. The van der Waals surface area contributed by atoms with Gasteiger partial charge in [0, 0.05) is 49.6 Å². The third-order valence-electron chi connectivity index (χ3n) is 7.21. The van der Waals surface area contributed by atoms with Crippen LogP contribution in [0.5, 0.6) is 11.5 Å². The Morgan fingerprint density at radius 2 is 1.20 bits per heavy atom. The first-order chi connectivity index (χ1) is 19.9. The van der Waals surface area contributed by atoms with Gasteiger partial charge in [-0.25, -0.2) is 0 Å². The molecule has 3 N–H and O–H groups in total. The second kappa shape index (κ2) is 14.4. The van der Waals surface area contributed by atoms with Crippen LogP contribution in [-0.2, 0) is 31.2 Å². The number of rotatable bonds is 11. The summed E-state index contributed by atoms with van der Waals surface area (Å²) in [6.07, 6.45) is -0.128. The number of benzene rings is 2. The van der Waals surface area contributed by atoms with Crippen LogP contribution in [0.25, 0.3) is 0 Å². The van der Waals surface area contributed by atoms with Crippen molar-refractivity contribution in [2.45, 2.75) is 133 Å². The van der Waals surface area contributed by atoms with E-state index in [1.165, 1.54) is 4.90 Å². The first kappa shape index (κ1) is 37.9. The zero-order chi connectivity index (χ0) is 33.8. The van der Waals surface area contributed by atoms with Crippen LogP contribution in [0.1, 0.15) is 119 Å². The normalized spacial score (nSPS) is 13.5. The fraction of sp³-hybridized carbons (Fsp3) is 0.611. The average Bonchev–Trinajstić information content (AvgIpc) is 2.84. The SMILES string of the molecule is CC(CSc1cc(C(C)(C)C)c(OCC(=O)NCCC(=O)O)c(C(C)(C)C)c1)Sc1cc(C(C)(C)C)c(O)c(C(C)(C)C)c1. The standard InChI is InChI=1S/C36H55NO5S2/c1-22(44-24-18-25(33(2,3)4)31(41)26(19-24)34(5,6)7)21-43-23-16-27(35(8,9)10)32(28(17-23)36(11,12)13)42-20-29(38)37-15-14-30(39)40/h16-19,22,41H,14-15,20-21H2,1-13H3,(H,37,38)(H,39,40). The van der Waals surface area contributed by atoms with Gasteiger partial charge in [0.2, 0.25) is 0 Å². The molecule has 1 unspecified atom stereocenters. The maximum Gasteiger partial charge on any atom is 0.305 e. The molecule has 8 heteroatoms. The zero-order valence-corrected chi connectivity index (χ0v) is 30.8. The van der Waals surface area contributed by atoms with Crippen LogP contribution in [0.4, 0.5) is 0 Å². The molecule has 1 amide bonds. The lowest BCUT2D eigenvalue weighted by Crippen LogP contribution is -2.31. The molecule has 0 fully saturated rings. The number of aromatic hydroxyl groups is 1. The molecule has 246 valence electrons. The molecule has 0 aromatic heterocycles. The molecule has 1 atom stereocenters. The maximum atomic E-state index is 12.4. The van der Waals surface area contributed by atoms with E-state index in [1.807, 2.05) is 23.5 Å². The summed E-state index contributed by atoms with van der Waals surface area (Å²) in [5.41, 5.74) is 3.22. The maximum absolute atomic E-state index is 12.4. The molecule has 0 heterocycles. The van der Waals surface area contributed by atoms with Crippen molar-refractivity contribution in [2.75, 3.05) is 18.9 Å². The molecule has 2 rings (SSSR count). The molecule has 0 spiro atoms. The van der Waals surface area contributed by atoms with E-state index >= 15 is 0 Å². The number of ether oxygens (including phenoxy) is 1. The van der Waals surface area contributed by atoms with Crippen molar-refractivity contribution in [3.63, 3.8) is 0 Å². The largest absolute Gasteiger partial charge is 0.507 e. The number of amides is 1. The highest BCUT2D eigenvalue weighted by atomic mass is 32.2. The van der Waals surface area contributed by atoms with Crippen LogP contribution in [0, 0.1) is 0 Å². The predicted molar refractivity (Wildman–Crippen MR) is 186 cm³/mol. The minimum absolute atomic E-state index is 0.0702. The van der Waals surface area contributed by atoms with E-state index in [1.54, 1.807) is 0 Å². The molecule has 0 radical (unpaired) electrons. The summed E-state index contributed by atoms with van der Waals surface area (Å²) in [6, 6.07) is 8.67. The molecule has 2 aromatic carbocycles. The number of nitrogens with one attached hydrogen (secondary N) is 1. The zero-order valence-electron chi connectivity index (χ0n) is 29.2. The molecule has 0 aliphatic heterocycles. The van der Waals surface area contributed by atoms with Crippen LogP contribution >= 0.6 is 23.5 Å². The number of thioether (sulfide) groups is 2. The number of carbonyl (C=O) groups excluding carboxylic acids is 1. The van der Waals surface area contributed by atoms with E-state index in [9.17, 15) is 14.7 Å². The number of aliphatic carboxylic acids is 1. The summed E-state index contributed by atoms with van der Waals surface area (Å²) in [4.78, 5) is 25.6. The van der Waals surface area contributed by atoms with E-state index in [0.717, 1.165) is 38.7 Å². The molecule has 0 aliphatic carbocycles. The molecular formula is C36H55NO5S2. The number of hydrogen-bond acceptors (Lipinski definition) is 6. The quantitative estimate of drug-likeness (QED) is 0.210. The number of hydrogen-bond donors (Lipinski definition) is 3. The Bertz CT molecular complexity index is 1250. The monoisotopic (exact) mass is 645 g/mol. The van der Waals surface area contributed by atoms with E-state index < -0.39 is 5.97 Å². The van der Waals surface area contributed by atoms with E-state index in [-0.39, 0.29) is 47.1 Å². The highest BCUT2D eigenvalue weighted by Gasteiger charge is 2.30. The average molecular weight is 646 g/mol. The van der Waals surface area contributed by atoms with Crippen LogP contribution < -0.4 is 10.1 Å². The Morgan fingerprint density at radius 3 is 1.61 bits per heavy atom. The molecule has 0 aliphatic rings. The lowest BCUT2D eigenvalue weighted by Gasteiger charge is -2.30. The van der Waals surface area contributed by atoms with Crippen molar-refractivity contribution in [1.29, 1.82) is 0 Å². The van der Waals surface area contributed by atoms with Crippen molar-refractivity contribution in [3.05, 3.63) is 46.5 Å². The lowest BCUT2D eigenvalue weighted by molar-refractivity contribution is -0.137. The second-order valence-corrected chi connectivity index (χ2v) is 18.3. The Morgan fingerprint density at radius 1 is 0.773 bits per heavy atom. The topological polar surface area (TPSA) is 95.9 Å². The molecule has 2 aromatic rings. The Kier molecular flexibility index (Phi) is 12.4. The van der Waals surface area contributed by atoms with Gasteiger partial charge in [0.05, 0.1) is 6.42 Å². The van der Waals surface area contributed by atoms with Crippen molar-refractivity contribution in [2.24, 2.45) is 0 Å². The van der Waals surface area contributed by atoms with E-state index in [4.69, 9.17) is 9.84 Å². The Balaban J connectivity index is 2.35. The number of carboxylic acids is 1. The third-order valence-corrected chi connectivity index (χ3v) is 9.73. The number of phenolic OH excluding ortho intramolecular Hbond substituents is 1. The van der Waals surface area contributed by atoms with Crippen molar-refractivity contribution < 1.29 is 24.5 Å². The van der Waals surface area contributed by atoms with Gasteiger partial charge in [-0.15, -0.1) is 23.5 Å². The summed E-state index contributed by atoms with van der Waals surface area (Å²) in [7, 11) is 0. The van der Waals surface area contributed by atoms with Crippen LogP contribution in [0.15, 0.2) is 34.1 Å². The molecular weight excluding hydrogens is 591 g/mol. The highest BCUT2D eigenvalue weighted by molar-refractivity contribution is 8.03. The fourth-order valence-corrected chi connectivity index (χ4v) is 6.89. The number of phenols is 1. The van der Waals surface area contributed by atoms with Crippen LogP contribution in [-0.4, -0.2) is 46.2 Å². The predicted octanol–water partition coefficient (Wildman–Crippen LogP) is 8.82. The van der Waals surface area contributed by atoms with Gasteiger partial charge in [-0.3, -0.25) is 9.59 Å². The summed E-state index contributed by atoms with van der Waals surface area (Å²) in [6.45, 7) is 27.8. The minimum atomic E-state index is -0.954. The van der Waals surface area contributed by atoms with Crippen molar-refractivity contribution in [3.8, 4) is 11.5 Å². The lowest BCUT2D eigenvalue weighted by atomic mass is 9.79. The van der Waals surface area contributed by atoms with Crippen LogP contribution in [0.3, 0.4) is 0 Å². The Hall–Kier alpha value is -2.32.